The zero-order valence-electron chi connectivity index (χ0n) is 4.85. The first-order valence-electron chi connectivity index (χ1n) is 2.68. The molecule has 0 aromatic rings. The summed E-state index contributed by atoms with van der Waals surface area (Å²) in [7, 11) is 0. The summed E-state index contributed by atoms with van der Waals surface area (Å²) in [5.74, 6) is 0. The van der Waals surface area contributed by atoms with Gasteiger partial charge in [-0.25, -0.2) is 4.79 Å². The summed E-state index contributed by atoms with van der Waals surface area (Å²) < 4.78 is 0. The molecule has 1 aliphatic rings. The summed E-state index contributed by atoms with van der Waals surface area (Å²) in [4.78, 5) is 12.2. The standard InChI is InChI=1S/C5H9N2O/c1-2-7-4-3-6-5(7)8/h2H,3-4H2,1H3,(H,6,8). The Morgan fingerprint density at radius 3 is 2.88 bits per heavy atom. The lowest BCUT2D eigenvalue weighted by Gasteiger charge is -2.07. The Labute approximate surface area is 48.7 Å². The fourth-order valence-electron chi connectivity index (χ4n) is 0.733. The Morgan fingerprint density at radius 2 is 2.62 bits per heavy atom. The molecule has 1 fully saturated rings. The zero-order valence-corrected chi connectivity index (χ0v) is 4.85. The topological polar surface area (TPSA) is 32.3 Å². The number of carbonyl (C=O) groups excluding carboxylic acids is 1. The molecule has 0 bridgehead atoms. The molecule has 3 heteroatoms. The Morgan fingerprint density at radius 1 is 1.88 bits per heavy atom. The number of hydrogen-bond donors (Lipinski definition) is 1. The van der Waals surface area contributed by atoms with Gasteiger partial charge in [0.25, 0.3) is 0 Å². The van der Waals surface area contributed by atoms with E-state index in [2.05, 4.69) is 5.32 Å². The summed E-state index contributed by atoms with van der Waals surface area (Å²) in [5, 5.41) is 2.68. The lowest BCUT2D eigenvalue weighted by atomic mass is 10.6. The molecule has 45 valence electrons. The monoisotopic (exact) mass is 113 g/mol. The molecule has 1 aliphatic heterocycles. The van der Waals surface area contributed by atoms with Gasteiger partial charge in [-0.1, -0.05) is 0 Å². The number of carbonyl (C=O) groups is 1. The molecule has 0 unspecified atom stereocenters. The Hall–Kier alpha value is -0.730. The van der Waals surface area contributed by atoms with Crippen LogP contribution in [0.5, 0.6) is 0 Å². The van der Waals surface area contributed by atoms with E-state index >= 15 is 0 Å². The first-order chi connectivity index (χ1) is 3.84. The van der Waals surface area contributed by atoms with E-state index in [1.807, 2.05) is 6.92 Å². The third kappa shape index (κ3) is 0.757. The third-order valence-electron chi connectivity index (χ3n) is 1.20. The molecule has 0 aromatic heterocycles. The highest BCUT2D eigenvalue weighted by Crippen LogP contribution is 1.96. The molecule has 1 N–H and O–H groups in total. The third-order valence-corrected chi connectivity index (χ3v) is 1.20. The van der Waals surface area contributed by atoms with Crippen molar-refractivity contribution in [1.29, 1.82) is 0 Å². The molecule has 8 heavy (non-hydrogen) atoms. The zero-order chi connectivity index (χ0) is 5.98. The quantitative estimate of drug-likeness (QED) is 0.517. The first kappa shape index (κ1) is 5.41. The van der Waals surface area contributed by atoms with Gasteiger partial charge in [0.05, 0.1) is 6.54 Å². The molecule has 1 heterocycles. The van der Waals surface area contributed by atoms with Gasteiger partial charge in [-0.2, -0.15) is 0 Å². The van der Waals surface area contributed by atoms with E-state index in [-0.39, 0.29) is 6.03 Å². The van der Waals surface area contributed by atoms with Gasteiger partial charge in [-0.15, -0.1) is 0 Å². The second kappa shape index (κ2) is 2.03. The van der Waals surface area contributed by atoms with E-state index in [1.165, 1.54) is 0 Å². The molecule has 0 saturated carbocycles. The van der Waals surface area contributed by atoms with Crippen LogP contribution in [0.25, 0.3) is 0 Å². The molecular formula is C5H9N2O. The molecule has 0 aliphatic carbocycles. The van der Waals surface area contributed by atoms with Crippen LogP contribution in [-0.2, 0) is 0 Å². The van der Waals surface area contributed by atoms with Crippen LogP contribution in [-0.4, -0.2) is 24.0 Å². The normalized spacial score (nSPS) is 19.1. The van der Waals surface area contributed by atoms with Gasteiger partial charge in [0.1, 0.15) is 0 Å². The molecular weight excluding hydrogens is 104 g/mol. The van der Waals surface area contributed by atoms with Crippen LogP contribution in [0.1, 0.15) is 6.92 Å². The SMILES string of the molecule is C[CH]N1CCNC1=O. The maximum Gasteiger partial charge on any atom is 0.317 e. The fourth-order valence-corrected chi connectivity index (χ4v) is 0.733. The minimum atomic E-state index is 0.0208. The van der Waals surface area contributed by atoms with Gasteiger partial charge in [-0.05, 0) is 6.92 Å². The number of nitrogens with one attached hydrogen (secondary N) is 1. The van der Waals surface area contributed by atoms with E-state index in [0.717, 1.165) is 13.1 Å². The summed E-state index contributed by atoms with van der Waals surface area (Å²) in [6, 6.07) is 0.0208. The smallest absolute Gasteiger partial charge is 0.317 e. The summed E-state index contributed by atoms with van der Waals surface area (Å²) in [6.45, 7) is 5.23. The minimum Gasteiger partial charge on any atom is -0.336 e. The van der Waals surface area contributed by atoms with E-state index in [4.69, 9.17) is 0 Å². The molecule has 2 amide bonds. The molecule has 3 nitrogen and oxygen atoms in total. The van der Waals surface area contributed by atoms with E-state index in [0.29, 0.717) is 0 Å². The number of amides is 2. The van der Waals surface area contributed by atoms with Gasteiger partial charge in [-0.3, -0.25) is 0 Å². The van der Waals surface area contributed by atoms with Gasteiger partial charge in [0.15, 0.2) is 0 Å². The summed E-state index contributed by atoms with van der Waals surface area (Å²) in [5.41, 5.74) is 0. The van der Waals surface area contributed by atoms with Crippen molar-refractivity contribution in [3.63, 3.8) is 0 Å². The largest absolute Gasteiger partial charge is 0.336 e. The minimum absolute atomic E-state index is 0.0208. The van der Waals surface area contributed by atoms with Gasteiger partial charge in [0, 0.05) is 13.1 Å². The van der Waals surface area contributed by atoms with Gasteiger partial charge >= 0.3 is 6.03 Å². The van der Waals surface area contributed by atoms with Crippen molar-refractivity contribution >= 4 is 6.03 Å². The van der Waals surface area contributed by atoms with E-state index in [9.17, 15) is 4.79 Å². The van der Waals surface area contributed by atoms with Crippen molar-refractivity contribution < 1.29 is 4.79 Å². The summed E-state index contributed by atoms with van der Waals surface area (Å²) in [6.07, 6.45) is 0. The van der Waals surface area contributed by atoms with Crippen molar-refractivity contribution in [3.05, 3.63) is 6.54 Å². The van der Waals surface area contributed by atoms with Crippen LogP contribution in [0.4, 0.5) is 4.79 Å². The van der Waals surface area contributed by atoms with Gasteiger partial charge < -0.3 is 10.2 Å². The van der Waals surface area contributed by atoms with Gasteiger partial charge in [0.2, 0.25) is 0 Å². The van der Waals surface area contributed by atoms with Crippen LogP contribution in [0.15, 0.2) is 0 Å². The lowest BCUT2D eigenvalue weighted by Crippen LogP contribution is -2.24. The summed E-state index contributed by atoms with van der Waals surface area (Å²) >= 11 is 0. The Kier molecular flexibility index (Phi) is 1.37. The Bertz CT molecular complexity index is 103. The van der Waals surface area contributed by atoms with E-state index < -0.39 is 0 Å². The molecule has 0 aromatic carbocycles. The maximum absolute atomic E-state index is 10.6. The number of nitrogens with zero attached hydrogens (tertiary/aromatic N) is 1. The van der Waals surface area contributed by atoms with E-state index in [1.54, 1.807) is 11.4 Å². The highest BCUT2D eigenvalue weighted by atomic mass is 16.2. The molecule has 0 atom stereocenters. The highest BCUT2D eigenvalue weighted by Gasteiger charge is 2.16. The van der Waals surface area contributed by atoms with Crippen LogP contribution < -0.4 is 5.32 Å². The van der Waals surface area contributed by atoms with Crippen LogP contribution in [0, 0.1) is 6.54 Å². The number of urea groups is 1. The predicted molar refractivity (Wildman–Crippen MR) is 30.1 cm³/mol. The number of rotatable bonds is 1. The van der Waals surface area contributed by atoms with Crippen molar-refractivity contribution in [3.8, 4) is 0 Å². The average Bonchev–Trinajstić information content (AvgIpc) is 2.14. The molecule has 0 spiro atoms. The lowest BCUT2D eigenvalue weighted by molar-refractivity contribution is 0.226. The van der Waals surface area contributed by atoms with Crippen molar-refractivity contribution in [1.82, 2.24) is 10.2 Å². The fraction of sp³-hybridized carbons (Fsp3) is 0.600. The number of hydrogen-bond acceptors (Lipinski definition) is 1. The highest BCUT2D eigenvalue weighted by molar-refractivity contribution is 5.76. The van der Waals surface area contributed by atoms with Crippen molar-refractivity contribution in [2.45, 2.75) is 6.92 Å². The predicted octanol–water partition coefficient (Wildman–Crippen LogP) is 0.193. The van der Waals surface area contributed by atoms with Crippen molar-refractivity contribution in [2.75, 3.05) is 13.1 Å². The van der Waals surface area contributed by atoms with Crippen LogP contribution in [0.2, 0.25) is 0 Å². The first-order valence-corrected chi connectivity index (χ1v) is 2.68. The van der Waals surface area contributed by atoms with Crippen LogP contribution in [0.3, 0.4) is 0 Å². The molecule has 1 saturated heterocycles. The van der Waals surface area contributed by atoms with Crippen molar-refractivity contribution in [2.24, 2.45) is 0 Å². The average molecular weight is 113 g/mol. The molecule has 1 radical (unpaired) electrons. The second-order valence-corrected chi connectivity index (χ2v) is 1.68. The van der Waals surface area contributed by atoms with Crippen LogP contribution >= 0.6 is 0 Å². The second-order valence-electron chi connectivity index (χ2n) is 1.68. The molecule has 1 rings (SSSR count). The maximum atomic E-state index is 10.6. The Balaban J connectivity index is 2.42.